The maximum atomic E-state index is 13.2. The van der Waals surface area contributed by atoms with Crippen LogP contribution in [-0.2, 0) is 17.5 Å². The Hall–Kier alpha value is -3.53. The molecule has 166 valence electrons. The lowest BCUT2D eigenvalue weighted by molar-refractivity contribution is -0.141. The zero-order valence-electron chi connectivity index (χ0n) is 16.5. The zero-order chi connectivity index (χ0) is 23.0. The van der Waals surface area contributed by atoms with Gasteiger partial charge >= 0.3 is 11.9 Å². The van der Waals surface area contributed by atoms with Crippen molar-refractivity contribution >= 4 is 28.6 Å². The van der Waals surface area contributed by atoms with E-state index in [9.17, 15) is 22.8 Å². The zero-order valence-corrected chi connectivity index (χ0v) is 17.3. The van der Waals surface area contributed by atoms with Crippen LogP contribution in [0.25, 0.3) is 16.8 Å². The molecule has 7 nitrogen and oxygen atoms in total. The van der Waals surface area contributed by atoms with Crippen molar-refractivity contribution in [1.29, 1.82) is 0 Å². The average molecular weight is 465 g/mol. The third-order valence-corrected chi connectivity index (χ3v) is 5.14. The molecular formula is C21H16ClF3N4O3. The van der Waals surface area contributed by atoms with E-state index >= 15 is 0 Å². The van der Waals surface area contributed by atoms with E-state index in [0.29, 0.717) is 27.4 Å². The molecule has 2 aromatic carbocycles. The fraction of sp³-hybridized carbons (Fsp3) is 0.190. The summed E-state index contributed by atoms with van der Waals surface area (Å²) >= 11 is 5.96. The van der Waals surface area contributed by atoms with E-state index in [4.69, 9.17) is 16.0 Å². The van der Waals surface area contributed by atoms with Gasteiger partial charge in [-0.05, 0) is 48.9 Å². The summed E-state index contributed by atoms with van der Waals surface area (Å²) in [6.45, 7) is 1.44. The second-order valence-corrected chi connectivity index (χ2v) is 7.56. The molecule has 2 N–H and O–H groups in total. The van der Waals surface area contributed by atoms with Gasteiger partial charge in [0.15, 0.2) is 11.3 Å². The van der Waals surface area contributed by atoms with Crippen molar-refractivity contribution in [2.45, 2.75) is 25.6 Å². The number of benzene rings is 2. The Bertz CT molecular complexity index is 1360. The van der Waals surface area contributed by atoms with E-state index in [2.05, 4.69) is 15.4 Å². The lowest BCUT2D eigenvalue weighted by Gasteiger charge is -2.13. The van der Waals surface area contributed by atoms with Gasteiger partial charge in [0, 0.05) is 5.02 Å². The van der Waals surface area contributed by atoms with Gasteiger partial charge in [-0.2, -0.15) is 18.3 Å². The number of carbonyl (C=O) groups excluding carboxylic acids is 1. The lowest BCUT2D eigenvalue weighted by atomic mass is 10.00. The number of alkyl halides is 3. The van der Waals surface area contributed by atoms with Gasteiger partial charge in [0.2, 0.25) is 5.91 Å². The number of amides is 1. The minimum absolute atomic E-state index is 0.132. The summed E-state index contributed by atoms with van der Waals surface area (Å²) in [6, 6.07) is 11.9. The lowest BCUT2D eigenvalue weighted by Crippen LogP contribution is -2.28. The molecule has 0 saturated carbocycles. The molecular weight excluding hydrogens is 449 g/mol. The van der Waals surface area contributed by atoms with E-state index in [1.54, 1.807) is 43.3 Å². The predicted octanol–water partition coefficient (Wildman–Crippen LogP) is 4.40. The molecule has 0 spiro atoms. The highest BCUT2D eigenvalue weighted by atomic mass is 35.5. The van der Waals surface area contributed by atoms with Crippen molar-refractivity contribution < 1.29 is 22.4 Å². The molecule has 1 amide bonds. The molecule has 2 heterocycles. The number of hydrogen-bond acceptors (Lipinski definition) is 4. The van der Waals surface area contributed by atoms with Crippen LogP contribution in [0.4, 0.5) is 13.2 Å². The second kappa shape index (κ2) is 8.19. The molecule has 1 unspecified atom stereocenters. The molecule has 0 bridgehead atoms. The van der Waals surface area contributed by atoms with Crippen molar-refractivity contribution in [3.8, 4) is 5.69 Å². The highest BCUT2D eigenvalue weighted by Crippen LogP contribution is 2.30. The average Bonchev–Trinajstić information content (AvgIpc) is 3.33. The third kappa shape index (κ3) is 4.40. The molecule has 0 radical (unpaired) electrons. The van der Waals surface area contributed by atoms with E-state index in [0.717, 1.165) is 10.7 Å². The number of carbonyl (C=O) groups is 1. The van der Waals surface area contributed by atoms with Crippen LogP contribution in [0.1, 0.15) is 29.8 Å². The fourth-order valence-electron chi connectivity index (χ4n) is 3.23. The normalized spacial score (nSPS) is 12.8. The van der Waals surface area contributed by atoms with Gasteiger partial charge < -0.3 is 9.73 Å². The number of aromatic amines is 1. The summed E-state index contributed by atoms with van der Waals surface area (Å²) in [5, 5.41) is 6.62. The summed E-state index contributed by atoms with van der Waals surface area (Å²) in [7, 11) is 0. The molecule has 0 saturated heterocycles. The summed E-state index contributed by atoms with van der Waals surface area (Å²) in [5.74, 6) is -1.68. The first-order valence-electron chi connectivity index (χ1n) is 9.44. The maximum Gasteiger partial charge on any atom is 0.435 e. The van der Waals surface area contributed by atoms with E-state index in [1.165, 1.54) is 6.07 Å². The topological polar surface area (TPSA) is 92.9 Å². The van der Waals surface area contributed by atoms with Gasteiger partial charge in [-0.1, -0.05) is 23.7 Å². The molecule has 2 aromatic heterocycles. The van der Waals surface area contributed by atoms with Crippen molar-refractivity contribution in [3.05, 3.63) is 81.1 Å². The second-order valence-electron chi connectivity index (χ2n) is 7.12. The van der Waals surface area contributed by atoms with Gasteiger partial charge in [-0.3, -0.25) is 9.78 Å². The molecule has 4 rings (SSSR count). The molecule has 0 aliphatic rings. The molecule has 0 aliphatic carbocycles. The first-order chi connectivity index (χ1) is 15.1. The number of H-pyrrole nitrogens is 1. The van der Waals surface area contributed by atoms with Crippen molar-refractivity contribution in [2.24, 2.45) is 0 Å². The predicted molar refractivity (Wildman–Crippen MR) is 111 cm³/mol. The van der Waals surface area contributed by atoms with Crippen LogP contribution in [0.15, 0.2) is 57.7 Å². The number of nitrogens with zero attached hydrogens (tertiary/aromatic N) is 2. The summed E-state index contributed by atoms with van der Waals surface area (Å²) in [6.07, 6.45) is -4.65. The molecule has 0 aliphatic heterocycles. The highest BCUT2D eigenvalue weighted by Gasteiger charge is 2.35. The maximum absolute atomic E-state index is 13.2. The molecule has 4 aromatic rings. The van der Waals surface area contributed by atoms with Gasteiger partial charge in [0.1, 0.15) is 0 Å². The van der Waals surface area contributed by atoms with E-state index in [-0.39, 0.29) is 12.2 Å². The van der Waals surface area contributed by atoms with Crippen molar-refractivity contribution in [2.75, 3.05) is 0 Å². The monoisotopic (exact) mass is 464 g/mol. The molecule has 11 heteroatoms. The van der Waals surface area contributed by atoms with E-state index < -0.39 is 29.5 Å². The van der Waals surface area contributed by atoms with Crippen molar-refractivity contribution in [1.82, 2.24) is 20.1 Å². The smallest absolute Gasteiger partial charge is 0.408 e. The number of aromatic nitrogens is 3. The SMILES string of the molecule is CC(C(=O)NCc1cc(C(F)(F)F)nn1-c1cccc(Cl)c1)c1ccc2[nH]c(=O)oc2c1. The Kier molecular flexibility index (Phi) is 5.55. The number of fused-ring (bicyclic) bond motifs is 1. The summed E-state index contributed by atoms with van der Waals surface area (Å²) < 4.78 is 45.8. The summed E-state index contributed by atoms with van der Waals surface area (Å²) in [4.78, 5) is 26.5. The first-order valence-corrected chi connectivity index (χ1v) is 9.82. The first kappa shape index (κ1) is 21.7. The Morgan fingerprint density at radius 3 is 2.75 bits per heavy atom. The molecule has 1 atom stereocenters. The van der Waals surface area contributed by atoms with Crippen molar-refractivity contribution in [3.63, 3.8) is 0 Å². The van der Waals surface area contributed by atoms with E-state index in [1.807, 2.05) is 0 Å². The summed E-state index contributed by atoms with van der Waals surface area (Å²) in [5.41, 5.74) is 0.766. The fourth-order valence-corrected chi connectivity index (χ4v) is 3.41. The Morgan fingerprint density at radius 2 is 2.03 bits per heavy atom. The third-order valence-electron chi connectivity index (χ3n) is 4.91. The number of nitrogens with one attached hydrogen (secondary N) is 2. The number of halogens is 4. The minimum Gasteiger partial charge on any atom is -0.408 e. The van der Waals surface area contributed by atoms with Crippen LogP contribution in [-0.4, -0.2) is 20.7 Å². The van der Waals surface area contributed by atoms with Gasteiger partial charge in [0.25, 0.3) is 0 Å². The molecule has 0 fully saturated rings. The van der Waals surface area contributed by atoms with Crippen LogP contribution in [0.2, 0.25) is 5.02 Å². The standard InChI is InChI=1S/C21H16ClF3N4O3/c1-11(12-5-6-16-17(7-12)32-20(31)27-16)19(30)26-10-15-9-18(21(23,24)25)28-29(15)14-4-2-3-13(22)8-14/h2-9,11H,10H2,1H3,(H,26,30)(H,27,31). The van der Waals surface area contributed by atoms with Gasteiger partial charge in [-0.25, -0.2) is 9.48 Å². The molecule has 32 heavy (non-hydrogen) atoms. The van der Waals surface area contributed by atoms with Gasteiger partial charge in [0.05, 0.1) is 29.4 Å². The van der Waals surface area contributed by atoms with Crippen LogP contribution in [0, 0.1) is 0 Å². The Morgan fingerprint density at radius 1 is 1.25 bits per heavy atom. The van der Waals surface area contributed by atoms with Crippen LogP contribution < -0.4 is 11.1 Å². The van der Waals surface area contributed by atoms with Crippen LogP contribution in [0.5, 0.6) is 0 Å². The highest BCUT2D eigenvalue weighted by molar-refractivity contribution is 6.30. The number of oxazole rings is 1. The number of hydrogen-bond donors (Lipinski definition) is 2. The quantitative estimate of drug-likeness (QED) is 0.458. The Labute approximate surface area is 183 Å². The van der Waals surface area contributed by atoms with Crippen LogP contribution in [0.3, 0.4) is 0 Å². The van der Waals surface area contributed by atoms with Crippen LogP contribution >= 0.6 is 11.6 Å². The minimum atomic E-state index is -4.65. The number of rotatable bonds is 5. The Balaban J connectivity index is 1.57. The largest absolute Gasteiger partial charge is 0.435 e. The van der Waals surface area contributed by atoms with Gasteiger partial charge in [-0.15, -0.1) is 0 Å².